The number of pyridine rings is 1. The van der Waals surface area contributed by atoms with E-state index in [1.807, 2.05) is 54.6 Å². The van der Waals surface area contributed by atoms with E-state index < -0.39 is 0 Å². The smallest absolute Gasteiger partial charge is 0.255 e. The molecule has 0 saturated carbocycles. The Morgan fingerprint density at radius 3 is 2.22 bits per heavy atom. The molecule has 2 heterocycles. The summed E-state index contributed by atoms with van der Waals surface area (Å²) in [7, 11) is 1.60. The molecule has 0 bridgehead atoms. The summed E-state index contributed by atoms with van der Waals surface area (Å²) < 4.78 is 0. The van der Waals surface area contributed by atoms with E-state index in [1.54, 1.807) is 19.4 Å². The van der Waals surface area contributed by atoms with Gasteiger partial charge in [-0.1, -0.05) is 45.0 Å². The zero-order chi connectivity index (χ0) is 22.9. The van der Waals surface area contributed by atoms with Crippen LogP contribution in [0.3, 0.4) is 0 Å². The number of rotatable bonds is 4. The van der Waals surface area contributed by atoms with Crippen molar-refractivity contribution in [1.29, 1.82) is 0 Å². The van der Waals surface area contributed by atoms with E-state index in [4.69, 9.17) is 0 Å². The van der Waals surface area contributed by atoms with Gasteiger partial charge in [-0.3, -0.25) is 9.59 Å². The molecule has 2 aromatic carbocycles. The first-order valence-electron chi connectivity index (χ1n) is 10.5. The third-order valence-electron chi connectivity index (χ3n) is 5.50. The van der Waals surface area contributed by atoms with Crippen molar-refractivity contribution in [1.82, 2.24) is 15.3 Å². The molecular weight excluding hydrogens is 400 g/mol. The van der Waals surface area contributed by atoms with Crippen LogP contribution in [0, 0.1) is 0 Å². The summed E-state index contributed by atoms with van der Waals surface area (Å²) in [5.41, 5.74) is 5.37. The number of carbonyl (C=O) groups is 2. The van der Waals surface area contributed by atoms with E-state index in [1.165, 1.54) is 5.56 Å². The molecule has 0 aliphatic heterocycles. The fourth-order valence-electron chi connectivity index (χ4n) is 3.67. The Labute approximate surface area is 187 Å². The van der Waals surface area contributed by atoms with Gasteiger partial charge in [0, 0.05) is 41.6 Å². The molecule has 4 aromatic rings. The second-order valence-electron chi connectivity index (χ2n) is 8.72. The predicted molar refractivity (Wildman–Crippen MR) is 128 cm³/mol. The van der Waals surface area contributed by atoms with Crippen LogP contribution in [0.25, 0.3) is 22.2 Å². The third kappa shape index (κ3) is 4.12. The molecule has 162 valence electrons. The minimum absolute atomic E-state index is 0.0379. The Hall–Kier alpha value is -3.93. The lowest BCUT2D eigenvalue weighted by Crippen LogP contribution is -2.19. The van der Waals surface area contributed by atoms with E-state index in [2.05, 4.69) is 41.4 Å². The van der Waals surface area contributed by atoms with Crippen molar-refractivity contribution in [2.24, 2.45) is 0 Å². The van der Waals surface area contributed by atoms with Crippen molar-refractivity contribution in [3.8, 4) is 11.1 Å². The topological polar surface area (TPSA) is 86.9 Å². The molecule has 0 saturated heterocycles. The number of aromatic nitrogens is 2. The van der Waals surface area contributed by atoms with Crippen LogP contribution in [0.2, 0.25) is 0 Å². The van der Waals surface area contributed by atoms with E-state index in [9.17, 15) is 9.59 Å². The first-order chi connectivity index (χ1) is 15.3. The Morgan fingerprint density at radius 2 is 1.59 bits per heavy atom. The lowest BCUT2D eigenvalue weighted by atomic mass is 9.87. The number of aromatic amines is 1. The highest BCUT2D eigenvalue weighted by Gasteiger charge is 2.17. The maximum absolute atomic E-state index is 12.7. The number of nitrogens with zero attached hydrogens (tertiary/aromatic N) is 1. The number of hydrogen-bond donors (Lipinski definition) is 3. The van der Waals surface area contributed by atoms with Crippen LogP contribution in [0.4, 0.5) is 5.69 Å². The Balaban J connectivity index is 1.60. The van der Waals surface area contributed by atoms with Crippen molar-refractivity contribution in [3.05, 3.63) is 83.7 Å². The van der Waals surface area contributed by atoms with Gasteiger partial charge >= 0.3 is 0 Å². The van der Waals surface area contributed by atoms with Gasteiger partial charge in [0.25, 0.3) is 11.8 Å². The number of fused-ring (bicyclic) bond motifs is 1. The second kappa shape index (κ2) is 8.30. The molecule has 3 N–H and O–H groups in total. The van der Waals surface area contributed by atoms with Gasteiger partial charge in [0.1, 0.15) is 5.65 Å². The number of nitrogens with one attached hydrogen (secondary N) is 3. The van der Waals surface area contributed by atoms with Gasteiger partial charge < -0.3 is 15.6 Å². The van der Waals surface area contributed by atoms with E-state index in [-0.39, 0.29) is 17.2 Å². The molecule has 32 heavy (non-hydrogen) atoms. The highest BCUT2D eigenvalue weighted by Crippen LogP contribution is 2.32. The number of benzene rings is 2. The number of H-pyrrole nitrogens is 1. The number of anilines is 1. The molecule has 0 atom stereocenters. The maximum atomic E-state index is 12.7. The van der Waals surface area contributed by atoms with Crippen molar-refractivity contribution in [3.63, 3.8) is 0 Å². The SMILES string of the molecule is CNC(=O)c1cnc2[nH]ccc2c1-c1ccc(NC(=O)c2ccc(C(C)(C)C)cc2)cc1. The van der Waals surface area contributed by atoms with Gasteiger partial charge in [-0.2, -0.15) is 0 Å². The summed E-state index contributed by atoms with van der Waals surface area (Å²) in [5, 5.41) is 6.47. The first-order valence-corrected chi connectivity index (χ1v) is 10.5. The molecule has 0 aliphatic rings. The average Bonchev–Trinajstić information content (AvgIpc) is 3.27. The quantitative estimate of drug-likeness (QED) is 0.422. The minimum atomic E-state index is -0.202. The number of carbonyl (C=O) groups excluding carboxylic acids is 2. The summed E-state index contributed by atoms with van der Waals surface area (Å²) in [6.45, 7) is 6.43. The molecule has 6 nitrogen and oxygen atoms in total. The van der Waals surface area contributed by atoms with E-state index >= 15 is 0 Å². The summed E-state index contributed by atoms with van der Waals surface area (Å²) in [5.74, 6) is -0.368. The minimum Gasteiger partial charge on any atom is -0.355 e. The molecule has 0 fully saturated rings. The van der Waals surface area contributed by atoms with E-state index in [0.29, 0.717) is 22.5 Å². The van der Waals surface area contributed by atoms with Crippen LogP contribution >= 0.6 is 0 Å². The van der Waals surface area contributed by atoms with E-state index in [0.717, 1.165) is 16.5 Å². The predicted octanol–water partition coefficient (Wildman–Crippen LogP) is 5.14. The second-order valence-corrected chi connectivity index (χ2v) is 8.72. The van der Waals surface area contributed by atoms with Gasteiger partial charge in [0.15, 0.2) is 0 Å². The summed E-state index contributed by atoms with van der Waals surface area (Å²) in [6, 6.07) is 17.0. The first kappa shape index (κ1) is 21.3. The zero-order valence-corrected chi connectivity index (χ0v) is 18.6. The fraction of sp³-hybridized carbons (Fsp3) is 0.192. The molecule has 6 heteroatoms. The Morgan fingerprint density at radius 1 is 0.906 bits per heavy atom. The molecule has 2 aromatic heterocycles. The molecule has 0 spiro atoms. The lowest BCUT2D eigenvalue weighted by molar-refractivity contribution is 0.0962. The summed E-state index contributed by atoms with van der Waals surface area (Å²) >= 11 is 0. The summed E-state index contributed by atoms with van der Waals surface area (Å²) in [4.78, 5) is 32.5. The molecular formula is C26H26N4O2. The molecule has 2 amide bonds. The van der Waals surface area contributed by atoms with Crippen LogP contribution in [0.1, 0.15) is 47.1 Å². The van der Waals surface area contributed by atoms with Gasteiger partial charge in [0.2, 0.25) is 0 Å². The van der Waals surface area contributed by atoms with Crippen LogP contribution in [-0.4, -0.2) is 28.8 Å². The fourth-order valence-corrected chi connectivity index (χ4v) is 3.67. The standard InChI is InChI=1S/C26H26N4O2/c1-26(2,3)18-9-5-17(6-10-18)24(31)30-19-11-7-16(8-12-19)22-20-13-14-28-23(20)29-15-21(22)25(32)27-4/h5-15H,1-4H3,(H,27,32)(H,28,29)(H,30,31). The van der Waals surface area contributed by atoms with Crippen molar-refractivity contribution in [2.75, 3.05) is 12.4 Å². The van der Waals surface area contributed by atoms with Crippen molar-refractivity contribution in [2.45, 2.75) is 26.2 Å². The number of hydrogen-bond acceptors (Lipinski definition) is 3. The van der Waals surface area contributed by atoms with Crippen LogP contribution in [0.5, 0.6) is 0 Å². The van der Waals surface area contributed by atoms with Crippen LogP contribution < -0.4 is 10.6 Å². The highest BCUT2D eigenvalue weighted by molar-refractivity contribution is 6.08. The average molecular weight is 427 g/mol. The van der Waals surface area contributed by atoms with Gasteiger partial charge in [-0.05, 0) is 46.9 Å². The van der Waals surface area contributed by atoms with Gasteiger partial charge in [0.05, 0.1) is 5.56 Å². The largest absolute Gasteiger partial charge is 0.355 e. The van der Waals surface area contributed by atoms with Crippen LogP contribution in [0.15, 0.2) is 67.0 Å². The van der Waals surface area contributed by atoms with Crippen LogP contribution in [-0.2, 0) is 5.41 Å². The van der Waals surface area contributed by atoms with Gasteiger partial charge in [-0.15, -0.1) is 0 Å². The highest BCUT2D eigenvalue weighted by atomic mass is 16.2. The number of amides is 2. The Kier molecular flexibility index (Phi) is 5.53. The Bertz CT molecular complexity index is 1280. The maximum Gasteiger partial charge on any atom is 0.255 e. The monoisotopic (exact) mass is 426 g/mol. The molecule has 4 rings (SSSR count). The normalized spacial score (nSPS) is 11.4. The molecule has 0 unspecified atom stereocenters. The van der Waals surface area contributed by atoms with Crippen molar-refractivity contribution >= 4 is 28.5 Å². The lowest BCUT2D eigenvalue weighted by Gasteiger charge is -2.19. The molecule has 0 aliphatic carbocycles. The van der Waals surface area contributed by atoms with Gasteiger partial charge in [-0.25, -0.2) is 4.98 Å². The third-order valence-corrected chi connectivity index (χ3v) is 5.50. The zero-order valence-electron chi connectivity index (χ0n) is 18.6. The summed E-state index contributed by atoms with van der Waals surface area (Å²) in [6.07, 6.45) is 3.37. The van der Waals surface area contributed by atoms with Crippen molar-refractivity contribution < 1.29 is 9.59 Å². The molecule has 0 radical (unpaired) electrons.